The van der Waals surface area contributed by atoms with Gasteiger partial charge in [-0.15, -0.1) is 24.0 Å². The smallest absolute Gasteiger partial charge is 0.191 e. The molecule has 1 aromatic rings. The maximum absolute atomic E-state index is 11.7. The third kappa shape index (κ3) is 7.24. The number of aliphatic imine (C=N–C) groups is 1. The average molecular weight is 569 g/mol. The molecular formula is C21H34ClIN4O2S. The van der Waals surface area contributed by atoms with Crippen LogP contribution in [-0.4, -0.2) is 64.0 Å². The predicted molar refractivity (Wildman–Crippen MR) is 136 cm³/mol. The Bertz CT molecular complexity index is 821. The van der Waals surface area contributed by atoms with Crippen molar-refractivity contribution in [3.05, 3.63) is 34.9 Å². The van der Waals surface area contributed by atoms with Crippen molar-refractivity contribution in [1.29, 1.82) is 0 Å². The molecule has 6 nitrogen and oxygen atoms in total. The van der Waals surface area contributed by atoms with E-state index in [9.17, 15) is 8.42 Å². The number of benzene rings is 1. The highest BCUT2D eigenvalue weighted by molar-refractivity contribution is 14.0. The van der Waals surface area contributed by atoms with Crippen LogP contribution in [0.25, 0.3) is 0 Å². The molecule has 2 aliphatic rings. The van der Waals surface area contributed by atoms with Crippen molar-refractivity contribution in [3.63, 3.8) is 0 Å². The van der Waals surface area contributed by atoms with E-state index in [1.54, 1.807) is 0 Å². The molecule has 2 N–H and O–H groups in total. The Balaban J connectivity index is 0.00000320. The van der Waals surface area contributed by atoms with Gasteiger partial charge in [0.15, 0.2) is 15.8 Å². The number of hydrogen-bond donors (Lipinski definition) is 2. The van der Waals surface area contributed by atoms with Gasteiger partial charge in [-0.1, -0.05) is 23.7 Å². The molecule has 3 rings (SSSR count). The molecule has 3 atom stereocenters. The zero-order chi connectivity index (χ0) is 20.9. The van der Waals surface area contributed by atoms with E-state index in [0.29, 0.717) is 24.3 Å². The molecule has 1 aromatic carbocycles. The largest absolute Gasteiger partial charge is 0.357 e. The van der Waals surface area contributed by atoms with Crippen LogP contribution in [0.5, 0.6) is 0 Å². The highest BCUT2D eigenvalue weighted by Crippen LogP contribution is 2.35. The minimum atomic E-state index is -2.86. The fourth-order valence-electron chi connectivity index (χ4n) is 4.50. The molecule has 3 unspecified atom stereocenters. The summed E-state index contributed by atoms with van der Waals surface area (Å²) < 4.78 is 23.4. The summed E-state index contributed by atoms with van der Waals surface area (Å²) in [6.45, 7) is 5.27. The van der Waals surface area contributed by atoms with Crippen LogP contribution in [-0.2, 0) is 9.84 Å². The number of sulfone groups is 1. The van der Waals surface area contributed by atoms with Gasteiger partial charge in [-0.2, -0.15) is 0 Å². The van der Waals surface area contributed by atoms with Gasteiger partial charge in [-0.3, -0.25) is 9.89 Å². The monoisotopic (exact) mass is 568 g/mol. The summed E-state index contributed by atoms with van der Waals surface area (Å²) in [5.74, 6) is 1.92. The van der Waals surface area contributed by atoms with Crippen LogP contribution in [0.1, 0.15) is 37.8 Å². The minimum Gasteiger partial charge on any atom is -0.357 e. The Morgan fingerprint density at radius 2 is 2.10 bits per heavy atom. The number of nitrogens with one attached hydrogen (secondary N) is 2. The second kappa shape index (κ2) is 11.9. The molecule has 2 saturated heterocycles. The van der Waals surface area contributed by atoms with Crippen LogP contribution in [0, 0.1) is 11.8 Å². The van der Waals surface area contributed by atoms with Gasteiger partial charge < -0.3 is 10.6 Å². The minimum absolute atomic E-state index is 0. The predicted octanol–water partition coefficient (Wildman–Crippen LogP) is 3.33. The van der Waals surface area contributed by atoms with E-state index in [0.717, 1.165) is 43.5 Å². The Labute approximate surface area is 203 Å². The van der Waals surface area contributed by atoms with Crippen molar-refractivity contribution in [2.24, 2.45) is 16.8 Å². The second-order valence-electron chi connectivity index (χ2n) is 8.25. The fraction of sp³-hybridized carbons (Fsp3) is 0.667. The lowest BCUT2D eigenvalue weighted by atomic mass is 9.85. The van der Waals surface area contributed by atoms with Crippen LogP contribution in [0.2, 0.25) is 5.02 Å². The van der Waals surface area contributed by atoms with Crippen molar-refractivity contribution < 1.29 is 8.42 Å². The van der Waals surface area contributed by atoms with E-state index in [-0.39, 0.29) is 35.6 Å². The highest BCUT2D eigenvalue weighted by Gasteiger charge is 2.31. The number of nitrogens with zero attached hydrogens (tertiary/aromatic N) is 2. The molecular weight excluding hydrogens is 535 g/mol. The summed E-state index contributed by atoms with van der Waals surface area (Å²) >= 11 is 6.25. The number of piperidine rings is 1. The van der Waals surface area contributed by atoms with Gasteiger partial charge in [0.05, 0.1) is 11.5 Å². The third-order valence-electron chi connectivity index (χ3n) is 5.91. The third-order valence-corrected chi connectivity index (χ3v) is 7.98. The maximum atomic E-state index is 11.7. The maximum Gasteiger partial charge on any atom is 0.191 e. The summed E-state index contributed by atoms with van der Waals surface area (Å²) in [5.41, 5.74) is 1.25. The van der Waals surface area contributed by atoms with E-state index in [2.05, 4.69) is 39.7 Å². The fourth-order valence-corrected chi connectivity index (χ4v) is 6.54. The number of guanidine groups is 1. The van der Waals surface area contributed by atoms with Crippen LogP contribution < -0.4 is 10.6 Å². The van der Waals surface area contributed by atoms with Gasteiger partial charge in [0.25, 0.3) is 0 Å². The number of hydrogen-bond acceptors (Lipinski definition) is 4. The average Bonchev–Trinajstić information content (AvgIpc) is 3.03. The first-order valence-corrected chi connectivity index (χ1v) is 12.8. The first-order chi connectivity index (χ1) is 13.9. The van der Waals surface area contributed by atoms with E-state index < -0.39 is 9.84 Å². The lowest BCUT2D eigenvalue weighted by Crippen LogP contribution is -2.45. The molecule has 30 heavy (non-hydrogen) atoms. The summed E-state index contributed by atoms with van der Waals surface area (Å²) in [6.07, 6.45) is 3.04. The Hall–Kier alpha value is -0.580. The van der Waals surface area contributed by atoms with Gasteiger partial charge in [0.1, 0.15) is 0 Å². The van der Waals surface area contributed by atoms with Crippen molar-refractivity contribution in [2.45, 2.75) is 32.2 Å². The van der Waals surface area contributed by atoms with Gasteiger partial charge in [-0.25, -0.2) is 8.42 Å². The Morgan fingerprint density at radius 3 is 2.77 bits per heavy atom. The molecule has 2 fully saturated rings. The summed E-state index contributed by atoms with van der Waals surface area (Å²) in [7, 11) is -0.681. The Kier molecular flexibility index (Phi) is 10.2. The van der Waals surface area contributed by atoms with E-state index >= 15 is 0 Å². The number of rotatable bonds is 6. The zero-order valence-corrected chi connectivity index (χ0v) is 21.7. The second-order valence-corrected chi connectivity index (χ2v) is 10.9. The van der Waals surface area contributed by atoms with Crippen LogP contribution in [0.4, 0.5) is 0 Å². The molecule has 0 amide bonds. The lowest BCUT2D eigenvalue weighted by molar-refractivity contribution is 0.122. The van der Waals surface area contributed by atoms with E-state index in [4.69, 9.17) is 11.6 Å². The summed E-state index contributed by atoms with van der Waals surface area (Å²) in [5, 5.41) is 7.57. The van der Waals surface area contributed by atoms with Crippen molar-refractivity contribution in [3.8, 4) is 0 Å². The SMILES string of the molecule is CCNC(=NCC1CCS(=O)(=O)C1)NCC1CCCN(C)C1c1cccc(Cl)c1.I. The van der Waals surface area contributed by atoms with Gasteiger partial charge in [0, 0.05) is 30.7 Å². The van der Waals surface area contributed by atoms with Gasteiger partial charge >= 0.3 is 0 Å². The van der Waals surface area contributed by atoms with E-state index in [1.165, 1.54) is 12.0 Å². The van der Waals surface area contributed by atoms with Gasteiger partial charge in [0.2, 0.25) is 0 Å². The molecule has 9 heteroatoms. The van der Waals surface area contributed by atoms with Gasteiger partial charge in [-0.05, 0) is 69.3 Å². The number of halogens is 2. The topological polar surface area (TPSA) is 73.8 Å². The zero-order valence-electron chi connectivity index (χ0n) is 17.8. The molecule has 2 heterocycles. The quantitative estimate of drug-likeness (QED) is 0.313. The van der Waals surface area contributed by atoms with Crippen LogP contribution >= 0.6 is 35.6 Å². The molecule has 0 radical (unpaired) electrons. The Morgan fingerprint density at radius 1 is 1.30 bits per heavy atom. The van der Waals surface area contributed by atoms with Crippen LogP contribution in [0.3, 0.4) is 0 Å². The molecule has 0 aromatic heterocycles. The van der Waals surface area contributed by atoms with Crippen LogP contribution in [0.15, 0.2) is 29.3 Å². The first kappa shape index (κ1) is 25.7. The lowest BCUT2D eigenvalue weighted by Gasteiger charge is -2.40. The summed E-state index contributed by atoms with van der Waals surface area (Å²) in [4.78, 5) is 7.08. The molecule has 170 valence electrons. The first-order valence-electron chi connectivity index (χ1n) is 10.6. The standard InChI is InChI=1S/C21H33ClN4O2S.HI/c1-3-23-21(24-13-16-9-11-29(27,28)15-16)25-14-18-7-5-10-26(2)20(18)17-6-4-8-19(22)12-17;/h4,6,8,12,16,18,20H,3,5,7,9-11,13-15H2,1-2H3,(H2,23,24,25);1H. The van der Waals surface area contributed by atoms with E-state index in [1.807, 2.05) is 19.1 Å². The highest BCUT2D eigenvalue weighted by atomic mass is 127. The van der Waals surface area contributed by atoms with Crippen molar-refractivity contribution >= 4 is 51.4 Å². The molecule has 0 aliphatic carbocycles. The molecule has 0 bridgehead atoms. The van der Waals surface area contributed by atoms with Crippen molar-refractivity contribution in [1.82, 2.24) is 15.5 Å². The number of likely N-dealkylation sites (tertiary alicyclic amines) is 1. The summed E-state index contributed by atoms with van der Waals surface area (Å²) in [6, 6.07) is 8.48. The molecule has 2 aliphatic heterocycles. The molecule has 0 spiro atoms. The normalized spacial score (nSPS) is 26.8. The molecule has 0 saturated carbocycles. The van der Waals surface area contributed by atoms with Crippen molar-refractivity contribution in [2.75, 3.05) is 44.7 Å².